The van der Waals surface area contributed by atoms with Crippen molar-refractivity contribution in [3.05, 3.63) is 89.4 Å². The molecule has 0 radical (unpaired) electrons. The minimum absolute atomic E-state index is 0.234. The summed E-state index contributed by atoms with van der Waals surface area (Å²) in [5.74, 6) is 0. The van der Waals surface area contributed by atoms with Crippen LogP contribution in [0.4, 0.5) is 0 Å². The molecule has 26 heavy (non-hydrogen) atoms. The highest BCUT2D eigenvalue weighted by Gasteiger charge is 2.26. The van der Waals surface area contributed by atoms with Crippen LogP contribution >= 0.6 is 11.6 Å². The molecule has 4 aromatic rings. The van der Waals surface area contributed by atoms with Crippen molar-refractivity contribution >= 4 is 32.5 Å². The molecule has 130 valence electrons. The Labute approximate surface area is 157 Å². The molecule has 4 rings (SSSR count). The van der Waals surface area contributed by atoms with Gasteiger partial charge in [0.2, 0.25) is 0 Å². The van der Waals surface area contributed by atoms with Crippen LogP contribution in [-0.4, -0.2) is 12.4 Å². The molecule has 0 spiro atoms. The zero-order valence-electron chi connectivity index (χ0n) is 14.1. The molecule has 0 N–H and O–H groups in total. The molecule has 0 atom stereocenters. The van der Waals surface area contributed by atoms with Crippen LogP contribution in [0.5, 0.6) is 0 Å². The van der Waals surface area contributed by atoms with Crippen molar-refractivity contribution in [2.75, 3.05) is 0 Å². The Kier molecular flexibility index (Phi) is 4.10. The average Bonchev–Trinajstić information content (AvgIpc) is 2.96. The molecule has 0 aliphatic carbocycles. The van der Waals surface area contributed by atoms with Crippen LogP contribution in [0.3, 0.4) is 0 Å². The minimum atomic E-state index is -3.81. The number of nitrogens with zero attached hydrogens (tertiary/aromatic N) is 1. The molecule has 5 heteroatoms. The van der Waals surface area contributed by atoms with Gasteiger partial charge in [0.15, 0.2) is 0 Å². The molecular formula is C21H16ClNO2S. The van der Waals surface area contributed by atoms with E-state index in [9.17, 15) is 8.42 Å². The van der Waals surface area contributed by atoms with Gasteiger partial charge in [0, 0.05) is 10.9 Å². The van der Waals surface area contributed by atoms with Gasteiger partial charge in [-0.2, -0.15) is 0 Å². The lowest BCUT2D eigenvalue weighted by molar-refractivity contribution is 0.589. The smallest absolute Gasteiger partial charge is 0.232 e. The molecule has 0 saturated heterocycles. The Bertz CT molecular complexity index is 1190. The molecule has 0 amide bonds. The fourth-order valence-electron chi connectivity index (χ4n) is 3.08. The molecule has 1 heterocycles. The van der Waals surface area contributed by atoms with Crippen LogP contribution in [0.2, 0.25) is 5.02 Å². The molecule has 0 aliphatic heterocycles. The first-order chi connectivity index (χ1) is 12.5. The van der Waals surface area contributed by atoms with Gasteiger partial charge in [-0.1, -0.05) is 77.8 Å². The van der Waals surface area contributed by atoms with Crippen molar-refractivity contribution in [3.63, 3.8) is 0 Å². The van der Waals surface area contributed by atoms with Crippen molar-refractivity contribution < 1.29 is 8.42 Å². The van der Waals surface area contributed by atoms with Crippen molar-refractivity contribution in [2.45, 2.75) is 11.8 Å². The van der Waals surface area contributed by atoms with Gasteiger partial charge in [-0.25, -0.2) is 12.4 Å². The maximum absolute atomic E-state index is 13.5. The highest BCUT2D eigenvalue weighted by molar-refractivity contribution is 7.90. The molecular weight excluding hydrogens is 366 g/mol. The summed E-state index contributed by atoms with van der Waals surface area (Å²) in [7, 11) is -3.81. The Hall–Kier alpha value is -2.56. The third-order valence-electron chi connectivity index (χ3n) is 4.38. The van der Waals surface area contributed by atoms with Crippen LogP contribution in [0.15, 0.2) is 83.8 Å². The highest BCUT2D eigenvalue weighted by atomic mass is 35.5. The molecule has 0 saturated carbocycles. The maximum atomic E-state index is 13.5. The van der Waals surface area contributed by atoms with Gasteiger partial charge in [-0.3, -0.25) is 0 Å². The molecule has 1 aromatic heterocycles. The molecule has 3 nitrogen and oxygen atoms in total. The largest absolute Gasteiger partial charge is 0.268 e. The van der Waals surface area contributed by atoms with E-state index in [1.54, 1.807) is 30.3 Å². The number of aryl methyl sites for hydroxylation is 1. The lowest BCUT2D eigenvalue weighted by Gasteiger charge is -2.13. The van der Waals surface area contributed by atoms with E-state index in [2.05, 4.69) is 0 Å². The van der Waals surface area contributed by atoms with Crippen molar-refractivity contribution in [2.24, 2.45) is 0 Å². The van der Waals surface area contributed by atoms with Gasteiger partial charge in [-0.15, -0.1) is 0 Å². The molecule has 0 aliphatic rings. The summed E-state index contributed by atoms with van der Waals surface area (Å²) in [6, 6.07) is 23.5. The summed E-state index contributed by atoms with van der Waals surface area (Å²) in [6.07, 6.45) is 0. The summed E-state index contributed by atoms with van der Waals surface area (Å²) >= 11 is 6.63. The summed E-state index contributed by atoms with van der Waals surface area (Å²) < 4.78 is 28.3. The maximum Gasteiger partial charge on any atom is 0.268 e. The quantitative estimate of drug-likeness (QED) is 0.469. The number of halogens is 1. The van der Waals surface area contributed by atoms with Gasteiger partial charge in [-0.05, 0) is 25.1 Å². The van der Waals surface area contributed by atoms with E-state index in [1.807, 2.05) is 55.5 Å². The van der Waals surface area contributed by atoms with Crippen LogP contribution in [-0.2, 0) is 10.0 Å². The van der Waals surface area contributed by atoms with E-state index in [0.29, 0.717) is 21.6 Å². The van der Waals surface area contributed by atoms with E-state index in [-0.39, 0.29) is 4.90 Å². The number of aromatic nitrogens is 1. The monoisotopic (exact) mass is 381 g/mol. The van der Waals surface area contributed by atoms with Crippen LogP contribution < -0.4 is 0 Å². The zero-order valence-corrected chi connectivity index (χ0v) is 15.6. The van der Waals surface area contributed by atoms with E-state index in [4.69, 9.17) is 11.6 Å². The molecule has 0 bridgehead atoms. The normalized spacial score (nSPS) is 11.8. The zero-order chi connectivity index (χ0) is 18.3. The summed E-state index contributed by atoms with van der Waals surface area (Å²) in [4.78, 5) is 0.234. The fourth-order valence-corrected chi connectivity index (χ4v) is 5.03. The van der Waals surface area contributed by atoms with Crippen LogP contribution in [0.25, 0.3) is 22.2 Å². The third kappa shape index (κ3) is 2.62. The molecule has 3 aromatic carbocycles. The number of hydrogen-bond donors (Lipinski definition) is 0. The number of para-hydroxylation sites is 1. The number of benzene rings is 3. The lowest BCUT2D eigenvalue weighted by atomic mass is 10.1. The van der Waals surface area contributed by atoms with Gasteiger partial charge < -0.3 is 0 Å². The van der Waals surface area contributed by atoms with Crippen LogP contribution in [0, 0.1) is 6.92 Å². The molecule has 0 fully saturated rings. The number of hydrogen-bond acceptors (Lipinski definition) is 2. The first kappa shape index (κ1) is 16.9. The van der Waals surface area contributed by atoms with Gasteiger partial charge in [0.1, 0.15) is 0 Å². The Morgan fingerprint density at radius 1 is 0.808 bits per heavy atom. The van der Waals surface area contributed by atoms with Gasteiger partial charge >= 0.3 is 0 Å². The second kappa shape index (κ2) is 6.31. The fraction of sp³-hybridized carbons (Fsp3) is 0.0476. The van der Waals surface area contributed by atoms with Crippen molar-refractivity contribution in [3.8, 4) is 11.3 Å². The van der Waals surface area contributed by atoms with Crippen LogP contribution in [0.1, 0.15) is 5.56 Å². The SMILES string of the molecule is Cc1ccc(S(=O)(=O)n2c(-c3ccccc3)c(Cl)c3ccccc32)cc1. The van der Waals surface area contributed by atoms with E-state index in [0.717, 1.165) is 11.1 Å². The van der Waals surface area contributed by atoms with E-state index < -0.39 is 10.0 Å². The average molecular weight is 382 g/mol. The first-order valence-electron chi connectivity index (χ1n) is 8.17. The van der Waals surface area contributed by atoms with E-state index >= 15 is 0 Å². The van der Waals surface area contributed by atoms with Gasteiger partial charge in [0.25, 0.3) is 10.0 Å². The minimum Gasteiger partial charge on any atom is -0.232 e. The van der Waals surface area contributed by atoms with E-state index in [1.165, 1.54) is 3.97 Å². The van der Waals surface area contributed by atoms with Gasteiger partial charge in [0.05, 0.1) is 21.1 Å². The second-order valence-electron chi connectivity index (χ2n) is 6.13. The standard InChI is InChI=1S/C21H16ClNO2S/c1-15-11-13-17(14-12-15)26(24,25)23-19-10-6-5-9-18(19)20(22)21(23)16-7-3-2-4-8-16/h2-14H,1H3. The predicted octanol–water partition coefficient (Wildman–Crippen LogP) is 5.51. The topological polar surface area (TPSA) is 39.1 Å². The Balaban J connectivity index is 2.10. The summed E-state index contributed by atoms with van der Waals surface area (Å²) in [6.45, 7) is 1.92. The lowest BCUT2D eigenvalue weighted by Crippen LogP contribution is -2.14. The second-order valence-corrected chi connectivity index (χ2v) is 8.29. The predicted molar refractivity (Wildman–Crippen MR) is 106 cm³/mol. The van der Waals surface area contributed by atoms with Crippen molar-refractivity contribution in [1.82, 2.24) is 3.97 Å². The Morgan fingerprint density at radius 3 is 2.12 bits per heavy atom. The summed E-state index contributed by atoms with van der Waals surface area (Å²) in [5.41, 5.74) is 2.80. The van der Waals surface area contributed by atoms with Crippen molar-refractivity contribution in [1.29, 1.82) is 0 Å². The number of fused-ring (bicyclic) bond motifs is 1. The number of rotatable bonds is 3. The third-order valence-corrected chi connectivity index (χ3v) is 6.49. The highest BCUT2D eigenvalue weighted by Crippen LogP contribution is 2.39. The summed E-state index contributed by atoms with van der Waals surface area (Å²) in [5, 5.41) is 1.14. The Morgan fingerprint density at radius 2 is 1.42 bits per heavy atom. The molecule has 0 unspecified atom stereocenters. The first-order valence-corrected chi connectivity index (χ1v) is 9.98.